The van der Waals surface area contributed by atoms with Gasteiger partial charge in [0.1, 0.15) is 0 Å². The Hall–Kier alpha value is -2.54. The maximum Gasteiger partial charge on any atom is 0.315 e. The van der Waals surface area contributed by atoms with Crippen molar-refractivity contribution in [3.05, 3.63) is 82.1 Å². The first-order chi connectivity index (χ1) is 13.0. The molecular weight excluding hydrogens is 387 g/mol. The van der Waals surface area contributed by atoms with Crippen LogP contribution in [-0.4, -0.2) is 27.5 Å². The van der Waals surface area contributed by atoms with Crippen molar-refractivity contribution in [1.82, 2.24) is 20.4 Å². The van der Waals surface area contributed by atoms with Crippen molar-refractivity contribution in [1.29, 1.82) is 0 Å². The second-order valence-corrected chi connectivity index (χ2v) is 6.78. The van der Waals surface area contributed by atoms with Gasteiger partial charge in [0, 0.05) is 35.5 Å². The molecule has 0 radical (unpaired) electrons. The number of halogens is 2. The fraction of sp³-hybridized carbons (Fsp3) is 0.158. The lowest BCUT2D eigenvalue weighted by Gasteiger charge is -2.14. The highest BCUT2D eigenvalue weighted by molar-refractivity contribution is 6.34. The third-order valence-electron chi connectivity index (χ3n) is 3.86. The van der Waals surface area contributed by atoms with Crippen molar-refractivity contribution in [2.45, 2.75) is 12.6 Å². The Bertz CT molecular complexity index is 896. The van der Waals surface area contributed by atoms with Gasteiger partial charge in [0.25, 0.3) is 0 Å². The Kier molecular flexibility index (Phi) is 6.34. The predicted octanol–water partition coefficient (Wildman–Crippen LogP) is 3.71. The van der Waals surface area contributed by atoms with E-state index in [4.69, 9.17) is 23.2 Å². The number of aromatic nitrogens is 2. The van der Waals surface area contributed by atoms with Crippen molar-refractivity contribution in [3.63, 3.8) is 0 Å². The van der Waals surface area contributed by atoms with Gasteiger partial charge in [0.2, 0.25) is 0 Å². The molecule has 2 aromatic carbocycles. The van der Waals surface area contributed by atoms with Crippen LogP contribution >= 0.6 is 23.2 Å². The van der Waals surface area contributed by atoms with E-state index in [1.165, 1.54) is 0 Å². The number of hydrogen-bond donors (Lipinski definition) is 3. The normalized spacial score (nSPS) is 11.8. The molecule has 1 heterocycles. The van der Waals surface area contributed by atoms with E-state index in [9.17, 15) is 9.90 Å². The van der Waals surface area contributed by atoms with Crippen LogP contribution in [0.1, 0.15) is 17.2 Å². The minimum Gasteiger partial charge on any atom is -0.387 e. The molecule has 1 atom stereocenters. The Labute approximate surface area is 166 Å². The Morgan fingerprint density at radius 2 is 1.89 bits per heavy atom. The number of amides is 2. The molecule has 0 aliphatic rings. The van der Waals surface area contributed by atoms with Crippen molar-refractivity contribution >= 4 is 29.2 Å². The zero-order valence-corrected chi connectivity index (χ0v) is 15.8. The molecule has 3 aromatic rings. The summed E-state index contributed by atoms with van der Waals surface area (Å²) in [6, 6.07) is 13.9. The van der Waals surface area contributed by atoms with Gasteiger partial charge in [-0.05, 0) is 47.5 Å². The van der Waals surface area contributed by atoms with Crippen LogP contribution in [-0.2, 0) is 6.54 Å². The number of carbonyl (C=O) groups is 1. The number of nitrogens with zero attached hydrogens (tertiary/aromatic N) is 2. The van der Waals surface area contributed by atoms with E-state index >= 15 is 0 Å². The van der Waals surface area contributed by atoms with Crippen LogP contribution in [0.5, 0.6) is 0 Å². The van der Waals surface area contributed by atoms with E-state index in [0.29, 0.717) is 22.2 Å². The van der Waals surface area contributed by atoms with Gasteiger partial charge in [-0.25, -0.2) is 9.48 Å². The molecule has 140 valence electrons. The molecule has 0 aliphatic heterocycles. The lowest BCUT2D eigenvalue weighted by molar-refractivity contribution is 0.173. The first-order valence-corrected chi connectivity index (χ1v) is 9.01. The van der Waals surface area contributed by atoms with Crippen LogP contribution in [0.15, 0.2) is 60.9 Å². The van der Waals surface area contributed by atoms with Gasteiger partial charge >= 0.3 is 6.03 Å². The van der Waals surface area contributed by atoms with Crippen molar-refractivity contribution in [2.75, 3.05) is 6.54 Å². The molecule has 2 amide bonds. The fourth-order valence-corrected chi connectivity index (χ4v) is 3.09. The highest BCUT2D eigenvalue weighted by atomic mass is 35.5. The molecule has 3 rings (SSSR count). The lowest BCUT2D eigenvalue weighted by atomic mass is 10.1. The zero-order chi connectivity index (χ0) is 19.2. The molecule has 0 saturated heterocycles. The molecule has 1 aromatic heterocycles. The van der Waals surface area contributed by atoms with Crippen LogP contribution in [0.2, 0.25) is 10.0 Å². The molecule has 0 saturated carbocycles. The van der Waals surface area contributed by atoms with Gasteiger partial charge in [-0.3, -0.25) is 0 Å². The van der Waals surface area contributed by atoms with Crippen LogP contribution < -0.4 is 10.6 Å². The number of benzene rings is 2. The first kappa shape index (κ1) is 19.2. The number of carbonyl (C=O) groups excluding carboxylic acids is 1. The van der Waals surface area contributed by atoms with Gasteiger partial charge in [-0.1, -0.05) is 35.3 Å². The average molecular weight is 405 g/mol. The second kappa shape index (κ2) is 8.90. The van der Waals surface area contributed by atoms with E-state index in [1.54, 1.807) is 29.1 Å². The van der Waals surface area contributed by atoms with Gasteiger partial charge in [-0.15, -0.1) is 0 Å². The third kappa shape index (κ3) is 5.47. The number of nitrogens with one attached hydrogen (secondary N) is 2. The van der Waals surface area contributed by atoms with E-state index in [1.807, 2.05) is 36.5 Å². The molecule has 0 spiro atoms. The van der Waals surface area contributed by atoms with Crippen LogP contribution in [0.3, 0.4) is 0 Å². The molecule has 6 nitrogen and oxygen atoms in total. The lowest BCUT2D eigenvalue weighted by Crippen LogP contribution is -2.37. The molecule has 0 fully saturated rings. The summed E-state index contributed by atoms with van der Waals surface area (Å²) in [6.07, 6.45) is 2.65. The standard InChI is InChI=1S/C19H18Cl2N4O2/c20-15-8-14(9-16(21)10-15)18(26)12-23-19(27)22-11-13-3-1-4-17(7-13)25-6-2-5-24-25/h1-10,18,26H,11-12H2,(H2,22,23,27). The van der Waals surface area contributed by atoms with E-state index in [2.05, 4.69) is 15.7 Å². The smallest absolute Gasteiger partial charge is 0.315 e. The second-order valence-electron chi connectivity index (χ2n) is 5.90. The van der Waals surface area contributed by atoms with Gasteiger partial charge in [-0.2, -0.15) is 5.10 Å². The molecule has 8 heteroatoms. The van der Waals surface area contributed by atoms with Gasteiger partial charge < -0.3 is 15.7 Å². The summed E-state index contributed by atoms with van der Waals surface area (Å²) in [5.74, 6) is 0. The summed E-state index contributed by atoms with van der Waals surface area (Å²) < 4.78 is 1.75. The van der Waals surface area contributed by atoms with E-state index < -0.39 is 6.10 Å². The summed E-state index contributed by atoms with van der Waals surface area (Å²) in [6.45, 7) is 0.385. The number of aliphatic hydroxyl groups excluding tert-OH is 1. The van der Waals surface area contributed by atoms with E-state index in [0.717, 1.165) is 11.3 Å². The molecular formula is C19H18Cl2N4O2. The number of aliphatic hydroxyl groups is 1. The molecule has 0 bridgehead atoms. The molecule has 27 heavy (non-hydrogen) atoms. The highest BCUT2D eigenvalue weighted by Gasteiger charge is 2.11. The molecule has 0 aliphatic carbocycles. The largest absolute Gasteiger partial charge is 0.387 e. The maximum absolute atomic E-state index is 12.0. The number of hydrogen-bond acceptors (Lipinski definition) is 3. The Balaban J connectivity index is 1.50. The minimum absolute atomic E-state index is 0.0375. The monoisotopic (exact) mass is 404 g/mol. The Morgan fingerprint density at radius 1 is 1.11 bits per heavy atom. The average Bonchev–Trinajstić information content (AvgIpc) is 3.18. The summed E-state index contributed by atoms with van der Waals surface area (Å²) >= 11 is 11.8. The summed E-state index contributed by atoms with van der Waals surface area (Å²) in [4.78, 5) is 12.0. The van der Waals surface area contributed by atoms with Crippen molar-refractivity contribution < 1.29 is 9.90 Å². The van der Waals surface area contributed by atoms with E-state index in [-0.39, 0.29) is 12.6 Å². The maximum atomic E-state index is 12.0. The molecule has 3 N–H and O–H groups in total. The summed E-state index contributed by atoms with van der Waals surface area (Å²) in [5, 5.41) is 20.6. The van der Waals surface area contributed by atoms with Gasteiger partial charge in [0.05, 0.1) is 11.8 Å². The van der Waals surface area contributed by atoms with Gasteiger partial charge in [0.15, 0.2) is 0 Å². The zero-order valence-electron chi connectivity index (χ0n) is 14.3. The summed E-state index contributed by atoms with van der Waals surface area (Å²) in [7, 11) is 0. The van der Waals surface area contributed by atoms with Crippen molar-refractivity contribution in [3.8, 4) is 5.69 Å². The Morgan fingerprint density at radius 3 is 2.59 bits per heavy atom. The highest BCUT2D eigenvalue weighted by Crippen LogP contribution is 2.23. The minimum atomic E-state index is -0.907. The molecule has 1 unspecified atom stereocenters. The first-order valence-electron chi connectivity index (χ1n) is 8.26. The topological polar surface area (TPSA) is 79.2 Å². The summed E-state index contributed by atoms with van der Waals surface area (Å²) in [5.41, 5.74) is 2.38. The number of rotatable bonds is 6. The quantitative estimate of drug-likeness (QED) is 0.585. The predicted molar refractivity (Wildman–Crippen MR) is 105 cm³/mol. The van der Waals surface area contributed by atoms with Crippen molar-refractivity contribution in [2.24, 2.45) is 0 Å². The van der Waals surface area contributed by atoms with Crippen LogP contribution in [0.25, 0.3) is 5.69 Å². The van der Waals surface area contributed by atoms with Crippen LogP contribution in [0.4, 0.5) is 4.79 Å². The number of urea groups is 1. The van der Waals surface area contributed by atoms with Crippen LogP contribution in [0, 0.1) is 0 Å². The SMILES string of the molecule is O=C(NCc1cccc(-n2cccn2)c1)NCC(O)c1cc(Cl)cc(Cl)c1. The fourth-order valence-electron chi connectivity index (χ4n) is 2.55. The third-order valence-corrected chi connectivity index (χ3v) is 4.29.